The summed E-state index contributed by atoms with van der Waals surface area (Å²) < 4.78 is 15.4. The second kappa shape index (κ2) is 8.71. The summed E-state index contributed by atoms with van der Waals surface area (Å²) in [6.45, 7) is 4.69. The van der Waals surface area contributed by atoms with E-state index in [1.54, 1.807) is 12.1 Å². The van der Waals surface area contributed by atoms with E-state index in [2.05, 4.69) is 20.9 Å². The number of thioether (sulfide) groups is 1. The van der Waals surface area contributed by atoms with Crippen molar-refractivity contribution in [3.05, 3.63) is 106 Å². The molecular weight excluding hydrogens is 433 g/mol. The standard InChI is InChI=1S/C27H22FN3OS/c1-17-6-5-8-23(18(17)2)29-27-30-26(32)25(33-27)14-20-16-31(24-9-4-3-7-22(20)24)15-19-10-12-21(28)13-11-19/h3-14,16H,15H2,1-2H3,(H,29,30,32)/b25-14-. The highest BCUT2D eigenvalue weighted by Gasteiger charge is 2.24. The third kappa shape index (κ3) is 4.34. The Morgan fingerprint density at radius 2 is 1.82 bits per heavy atom. The first kappa shape index (κ1) is 21.2. The summed E-state index contributed by atoms with van der Waals surface area (Å²) in [6, 6.07) is 20.6. The van der Waals surface area contributed by atoms with Crippen LogP contribution in [0.15, 0.2) is 82.8 Å². The summed E-state index contributed by atoms with van der Waals surface area (Å²) >= 11 is 1.35. The minimum absolute atomic E-state index is 0.153. The fraction of sp³-hybridized carbons (Fsp3) is 0.111. The Labute approximate surface area is 195 Å². The molecule has 33 heavy (non-hydrogen) atoms. The molecule has 3 aromatic carbocycles. The van der Waals surface area contributed by atoms with E-state index in [0.29, 0.717) is 16.6 Å². The normalized spacial score (nSPS) is 16.2. The molecular formula is C27H22FN3OS. The molecule has 0 saturated carbocycles. The van der Waals surface area contributed by atoms with Crippen molar-refractivity contribution in [1.29, 1.82) is 0 Å². The van der Waals surface area contributed by atoms with E-state index in [9.17, 15) is 9.18 Å². The van der Waals surface area contributed by atoms with Crippen molar-refractivity contribution in [2.75, 3.05) is 0 Å². The summed E-state index contributed by atoms with van der Waals surface area (Å²) in [5.74, 6) is -0.399. The summed E-state index contributed by atoms with van der Waals surface area (Å²) in [5, 5.41) is 4.52. The number of nitrogens with zero attached hydrogens (tertiary/aromatic N) is 2. The zero-order valence-electron chi connectivity index (χ0n) is 18.3. The van der Waals surface area contributed by atoms with Crippen LogP contribution in [-0.4, -0.2) is 15.6 Å². The van der Waals surface area contributed by atoms with Crippen molar-refractivity contribution in [2.45, 2.75) is 20.4 Å². The van der Waals surface area contributed by atoms with E-state index in [1.807, 2.05) is 62.5 Å². The zero-order chi connectivity index (χ0) is 22.9. The molecule has 0 aliphatic carbocycles. The minimum Gasteiger partial charge on any atom is -0.342 e. The van der Waals surface area contributed by atoms with E-state index in [4.69, 9.17) is 0 Å². The van der Waals surface area contributed by atoms with Crippen molar-refractivity contribution >= 4 is 45.5 Å². The highest BCUT2D eigenvalue weighted by Crippen LogP contribution is 2.32. The van der Waals surface area contributed by atoms with Crippen molar-refractivity contribution in [3.63, 3.8) is 0 Å². The summed E-state index contributed by atoms with van der Waals surface area (Å²) in [6.07, 6.45) is 3.95. The van der Waals surface area contributed by atoms with Crippen LogP contribution < -0.4 is 5.32 Å². The fourth-order valence-corrected chi connectivity index (χ4v) is 4.72. The lowest BCUT2D eigenvalue weighted by Gasteiger charge is -2.05. The molecule has 6 heteroatoms. The van der Waals surface area contributed by atoms with Gasteiger partial charge in [-0.15, -0.1) is 0 Å². The highest BCUT2D eigenvalue weighted by atomic mass is 32.2. The maximum atomic E-state index is 13.3. The number of fused-ring (bicyclic) bond motifs is 1. The van der Waals surface area contributed by atoms with E-state index in [1.165, 1.54) is 23.9 Å². The molecule has 1 fully saturated rings. The molecule has 1 amide bonds. The Bertz CT molecular complexity index is 1430. The van der Waals surface area contributed by atoms with Crippen LogP contribution in [0.1, 0.15) is 22.3 Å². The number of rotatable bonds is 4. The van der Waals surface area contributed by atoms with Gasteiger partial charge in [-0.05, 0) is 72.6 Å². The average molecular weight is 456 g/mol. The number of hydrogen-bond donors (Lipinski definition) is 1. The number of para-hydroxylation sites is 1. The molecule has 1 aliphatic heterocycles. The fourth-order valence-electron chi connectivity index (χ4n) is 3.90. The Morgan fingerprint density at radius 3 is 2.64 bits per heavy atom. The van der Waals surface area contributed by atoms with E-state index in [-0.39, 0.29) is 11.7 Å². The quantitative estimate of drug-likeness (QED) is 0.365. The number of nitrogens with one attached hydrogen (secondary N) is 1. The van der Waals surface area contributed by atoms with Gasteiger partial charge in [0.25, 0.3) is 5.91 Å². The number of benzene rings is 3. The number of amides is 1. The van der Waals surface area contributed by atoms with Gasteiger partial charge in [0.1, 0.15) is 5.82 Å². The SMILES string of the molecule is Cc1cccc(N=C2NC(=O)/C(=C/c3cn(Cc4ccc(F)cc4)c4ccccc34)S2)c1C. The molecule has 1 aliphatic rings. The number of aliphatic imine (C=N–C) groups is 1. The van der Waals surface area contributed by atoms with Gasteiger partial charge in [-0.3, -0.25) is 4.79 Å². The Morgan fingerprint density at radius 1 is 1.03 bits per heavy atom. The second-order valence-electron chi connectivity index (χ2n) is 8.06. The molecule has 0 radical (unpaired) electrons. The van der Waals surface area contributed by atoms with Crippen LogP contribution in [0, 0.1) is 19.7 Å². The largest absolute Gasteiger partial charge is 0.342 e. The van der Waals surface area contributed by atoms with Crippen LogP contribution in [-0.2, 0) is 11.3 Å². The summed E-state index contributed by atoms with van der Waals surface area (Å²) in [5.41, 5.74) is 6.14. The number of aryl methyl sites for hydroxylation is 1. The molecule has 1 N–H and O–H groups in total. The van der Waals surface area contributed by atoms with Gasteiger partial charge >= 0.3 is 0 Å². The summed E-state index contributed by atoms with van der Waals surface area (Å²) in [4.78, 5) is 17.9. The molecule has 0 spiro atoms. The third-order valence-electron chi connectivity index (χ3n) is 5.82. The molecule has 0 unspecified atom stereocenters. The van der Waals surface area contributed by atoms with Gasteiger partial charge < -0.3 is 9.88 Å². The van der Waals surface area contributed by atoms with Gasteiger partial charge in [-0.25, -0.2) is 9.38 Å². The molecule has 5 rings (SSSR count). The second-order valence-corrected chi connectivity index (χ2v) is 9.09. The number of halogens is 1. The van der Waals surface area contributed by atoms with Crippen molar-refractivity contribution in [1.82, 2.24) is 9.88 Å². The van der Waals surface area contributed by atoms with Gasteiger partial charge in [0.15, 0.2) is 5.17 Å². The van der Waals surface area contributed by atoms with E-state index >= 15 is 0 Å². The smallest absolute Gasteiger partial charge is 0.264 e. The Balaban J connectivity index is 1.47. The molecule has 1 aromatic heterocycles. The number of carbonyl (C=O) groups excluding carboxylic acids is 1. The van der Waals surface area contributed by atoms with Crippen LogP contribution >= 0.6 is 11.8 Å². The van der Waals surface area contributed by atoms with Gasteiger partial charge in [0, 0.05) is 29.2 Å². The van der Waals surface area contributed by atoms with Crippen molar-refractivity contribution < 1.29 is 9.18 Å². The molecule has 164 valence electrons. The lowest BCUT2D eigenvalue weighted by molar-refractivity contribution is -0.115. The maximum Gasteiger partial charge on any atom is 0.264 e. The third-order valence-corrected chi connectivity index (χ3v) is 6.73. The molecule has 2 heterocycles. The molecule has 0 atom stereocenters. The van der Waals surface area contributed by atoms with Gasteiger partial charge in [-0.1, -0.05) is 42.5 Å². The number of amidine groups is 1. The molecule has 1 saturated heterocycles. The first-order valence-electron chi connectivity index (χ1n) is 10.7. The van der Waals surface area contributed by atoms with Crippen LogP contribution in [0.4, 0.5) is 10.1 Å². The monoisotopic (exact) mass is 455 g/mol. The van der Waals surface area contributed by atoms with Crippen molar-refractivity contribution in [2.24, 2.45) is 4.99 Å². The van der Waals surface area contributed by atoms with E-state index < -0.39 is 0 Å². The van der Waals surface area contributed by atoms with Crippen molar-refractivity contribution in [3.8, 4) is 0 Å². The Kier molecular flexibility index (Phi) is 5.60. The van der Waals surface area contributed by atoms with Crippen LogP contribution in [0.3, 0.4) is 0 Å². The predicted octanol–water partition coefficient (Wildman–Crippen LogP) is 6.34. The molecule has 0 bridgehead atoms. The van der Waals surface area contributed by atoms with Crippen LogP contribution in [0.25, 0.3) is 17.0 Å². The Hall–Kier alpha value is -3.64. The first-order valence-corrected chi connectivity index (χ1v) is 11.5. The zero-order valence-corrected chi connectivity index (χ0v) is 19.1. The van der Waals surface area contributed by atoms with Gasteiger partial charge in [0.2, 0.25) is 0 Å². The van der Waals surface area contributed by atoms with Gasteiger partial charge in [-0.2, -0.15) is 0 Å². The number of aromatic nitrogens is 1. The molecule has 4 nitrogen and oxygen atoms in total. The first-order chi connectivity index (χ1) is 16.0. The summed E-state index contributed by atoms with van der Waals surface area (Å²) in [7, 11) is 0. The molecule has 4 aromatic rings. The lowest BCUT2D eigenvalue weighted by atomic mass is 10.1. The average Bonchev–Trinajstić information content (AvgIpc) is 3.33. The minimum atomic E-state index is -0.246. The maximum absolute atomic E-state index is 13.3. The highest BCUT2D eigenvalue weighted by molar-refractivity contribution is 8.18. The van der Waals surface area contributed by atoms with Crippen LogP contribution in [0.5, 0.6) is 0 Å². The van der Waals surface area contributed by atoms with Crippen LogP contribution in [0.2, 0.25) is 0 Å². The topological polar surface area (TPSA) is 46.4 Å². The van der Waals surface area contributed by atoms with Gasteiger partial charge in [0.05, 0.1) is 10.6 Å². The lowest BCUT2D eigenvalue weighted by Crippen LogP contribution is -2.19. The number of hydrogen-bond acceptors (Lipinski definition) is 3. The van der Waals surface area contributed by atoms with E-state index in [0.717, 1.165) is 38.8 Å². The predicted molar refractivity (Wildman–Crippen MR) is 134 cm³/mol. The number of carbonyl (C=O) groups is 1.